The van der Waals surface area contributed by atoms with Crippen LogP contribution in [0.1, 0.15) is 11.1 Å². The van der Waals surface area contributed by atoms with Crippen molar-refractivity contribution in [3.05, 3.63) is 169 Å². The first-order valence-electron chi connectivity index (χ1n) is 18.5. The van der Waals surface area contributed by atoms with E-state index in [0.29, 0.717) is 11.1 Å². The number of benzene rings is 8. The molecule has 6 heteroatoms. The molecule has 4 aromatic heterocycles. The molecule has 0 aliphatic rings. The van der Waals surface area contributed by atoms with Gasteiger partial charge in [0.25, 0.3) is 0 Å². The van der Waals surface area contributed by atoms with E-state index in [2.05, 4.69) is 124 Å². The Balaban J connectivity index is 1.07. The van der Waals surface area contributed by atoms with Gasteiger partial charge in [-0.25, -0.2) is 0 Å². The van der Waals surface area contributed by atoms with Gasteiger partial charge in [-0.1, -0.05) is 78.9 Å². The zero-order chi connectivity index (χ0) is 37.1. The average molecular weight is 715 g/mol. The molecule has 0 saturated carbocycles. The summed E-state index contributed by atoms with van der Waals surface area (Å²) in [7, 11) is 0. The molecule has 8 aromatic carbocycles. The molecule has 12 aromatic rings. The van der Waals surface area contributed by atoms with E-state index in [9.17, 15) is 10.5 Å². The van der Waals surface area contributed by atoms with E-state index in [0.717, 1.165) is 110 Å². The van der Waals surface area contributed by atoms with Gasteiger partial charge in [-0.15, -0.1) is 0 Å². The summed E-state index contributed by atoms with van der Waals surface area (Å²) in [6.07, 6.45) is 0. The normalized spacial score (nSPS) is 11.9. The number of nitrogens with zero attached hydrogens (tertiary/aromatic N) is 4. The lowest BCUT2D eigenvalue weighted by Crippen LogP contribution is -2.01. The zero-order valence-corrected chi connectivity index (χ0v) is 29.6. The highest BCUT2D eigenvalue weighted by atomic mass is 16.3. The lowest BCUT2D eigenvalue weighted by Gasteiger charge is -2.16. The monoisotopic (exact) mass is 714 g/mol. The predicted octanol–water partition coefficient (Wildman–Crippen LogP) is 13.1. The quantitative estimate of drug-likeness (QED) is 0.182. The van der Waals surface area contributed by atoms with Crippen molar-refractivity contribution in [3.63, 3.8) is 0 Å². The van der Waals surface area contributed by atoms with Crippen LogP contribution in [0.5, 0.6) is 0 Å². The molecule has 12 rings (SSSR count). The van der Waals surface area contributed by atoms with Gasteiger partial charge in [0.15, 0.2) is 0 Å². The maximum absolute atomic E-state index is 10.6. The fraction of sp³-hybridized carbons (Fsp3) is 0. The molecule has 0 fully saturated rings. The van der Waals surface area contributed by atoms with Crippen molar-refractivity contribution >= 4 is 87.5 Å². The summed E-state index contributed by atoms with van der Waals surface area (Å²) in [5, 5.41) is 28.5. The van der Waals surface area contributed by atoms with Crippen LogP contribution in [-0.4, -0.2) is 9.13 Å². The number of hydrogen-bond acceptors (Lipinski definition) is 4. The van der Waals surface area contributed by atoms with E-state index in [4.69, 9.17) is 8.83 Å². The van der Waals surface area contributed by atoms with Crippen LogP contribution in [-0.2, 0) is 0 Å². The molecule has 0 spiro atoms. The van der Waals surface area contributed by atoms with Crippen molar-refractivity contribution in [2.45, 2.75) is 0 Å². The van der Waals surface area contributed by atoms with Crippen LogP contribution in [0.4, 0.5) is 0 Å². The number of rotatable bonds is 3. The van der Waals surface area contributed by atoms with Crippen molar-refractivity contribution in [2.75, 3.05) is 0 Å². The Bertz CT molecular complexity index is 3730. The molecule has 4 heterocycles. The number of fused-ring (bicyclic) bond motifs is 14. The van der Waals surface area contributed by atoms with E-state index < -0.39 is 0 Å². The Morgan fingerprint density at radius 1 is 0.429 bits per heavy atom. The molecule has 0 amide bonds. The summed E-state index contributed by atoms with van der Waals surface area (Å²) in [4.78, 5) is 0. The van der Waals surface area contributed by atoms with Crippen LogP contribution in [0, 0.1) is 22.7 Å². The smallest absolute Gasteiger partial charge is 0.145 e. The van der Waals surface area contributed by atoms with E-state index in [1.165, 1.54) is 0 Å². The van der Waals surface area contributed by atoms with Crippen LogP contribution in [0.2, 0.25) is 0 Å². The fourth-order valence-corrected chi connectivity index (χ4v) is 9.01. The second-order valence-corrected chi connectivity index (χ2v) is 14.3. The zero-order valence-electron chi connectivity index (χ0n) is 29.6. The minimum atomic E-state index is 0.565. The Hall–Kier alpha value is -8.06. The van der Waals surface area contributed by atoms with Gasteiger partial charge < -0.3 is 18.0 Å². The Labute approximate surface area is 318 Å². The second-order valence-electron chi connectivity index (χ2n) is 14.3. The summed E-state index contributed by atoms with van der Waals surface area (Å²) in [6.45, 7) is 0. The third-order valence-corrected chi connectivity index (χ3v) is 11.4. The number of furan rings is 2. The molecule has 0 aliphatic heterocycles. The second kappa shape index (κ2) is 11.2. The largest absolute Gasteiger partial charge is 0.455 e. The maximum Gasteiger partial charge on any atom is 0.145 e. The Morgan fingerprint density at radius 2 is 1.04 bits per heavy atom. The molecule has 258 valence electrons. The lowest BCUT2D eigenvalue weighted by atomic mass is 9.99. The molecule has 0 N–H and O–H groups in total. The summed E-state index contributed by atoms with van der Waals surface area (Å²) in [5.74, 6) is 0. The standard InChI is InChI=1S/C50H26N4O2/c51-27-29-16-25-45-39(26-29)36-22-24-43-47(50(36)56-45)38-11-2-5-14-41(38)54(43)48-31(28-52)8-7-12-33(48)30-17-19-32(20-18-30)53-40-13-4-1-10-37(40)46-42(53)23-21-35-34-9-3-6-15-44(34)55-49(35)46/h1-26H. The number of hydrogen-bond donors (Lipinski definition) is 0. The number of aromatic nitrogens is 2. The van der Waals surface area contributed by atoms with Gasteiger partial charge in [0.2, 0.25) is 0 Å². The van der Waals surface area contributed by atoms with Gasteiger partial charge in [0, 0.05) is 43.6 Å². The number of nitriles is 2. The van der Waals surface area contributed by atoms with Crippen molar-refractivity contribution in [1.29, 1.82) is 10.5 Å². The van der Waals surface area contributed by atoms with Crippen molar-refractivity contribution in [2.24, 2.45) is 0 Å². The molecule has 0 bridgehead atoms. The lowest BCUT2D eigenvalue weighted by molar-refractivity contribution is 0.672. The van der Waals surface area contributed by atoms with E-state index in [1.807, 2.05) is 48.5 Å². The summed E-state index contributed by atoms with van der Waals surface area (Å²) in [6, 6.07) is 58.3. The highest BCUT2D eigenvalue weighted by molar-refractivity contribution is 6.25. The van der Waals surface area contributed by atoms with Crippen LogP contribution in [0.25, 0.3) is 110 Å². The molecule has 6 nitrogen and oxygen atoms in total. The fourth-order valence-electron chi connectivity index (χ4n) is 9.01. The van der Waals surface area contributed by atoms with Crippen LogP contribution in [0.3, 0.4) is 0 Å². The maximum atomic E-state index is 10.6. The topological polar surface area (TPSA) is 83.7 Å². The highest BCUT2D eigenvalue weighted by Crippen LogP contribution is 2.44. The molecule has 56 heavy (non-hydrogen) atoms. The average Bonchev–Trinajstić information content (AvgIpc) is 4.00. The van der Waals surface area contributed by atoms with E-state index >= 15 is 0 Å². The Morgan fingerprint density at radius 3 is 1.73 bits per heavy atom. The third-order valence-electron chi connectivity index (χ3n) is 11.4. The van der Waals surface area contributed by atoms with Gasteiger partial charge in [-0.3, -0.25) is 0 Å². The van der Waals surface area contributed by atoms with Gasteiger partial charge in [0.05, 0.1) is 55.7 Å². The summed E-state index contributed by atoms with van der Waals surface area (Å²) in [5.41, 5.74) is 12.2. The van der Waals surface area contributed by atoms with E-state index in [-0.39, 0.29) is 0 Å². The molecule has 0 atom stereocenters. The first kappa shape index (κ1) is 30.4. The summed E-state index contributed by atoms with van der Waals surface area (Å²) < 4.78 is 17.6. The molecule has 0 radical (unpaired) electrons. The van der Waals surface area contributed by atoms with E-state index in [1.54, 1.807) is 6.07 Å². The first-order chi connectivity index (χ1) is 27.7. The van der Waals surface area contributed by atoms with Crippen molar-refractivity contribution < 1.29 is 8.83 Å². The van der Waals surface area contributed by atoms with Crippen LogP contribution >= 0.6 is 0 Å². The first-order valence-corrected chi connectivity index (χ1v) is 18.5. The van der Waals surface area contributed by atoms with Gasteiger partial charge in [-0.2, -0.15) is 10.5 Å². The van der Waals surface area contributed by atoms with Crippen molar-refractivity contribution in [1.82, 2.24) is 9.13 Å². The van der Waals surface area contributed by atoms with Gasteiger partial charge >= 0.3 is 0 Å². The molecule has 0 unspecified atom stereocenters. The molecular formula is C50H26N4O2. The Kier molecular flexibility index (Phi) is 6.10. The van der Waals surface area contributed by atoms with Crippen LogP contribution < -0.4 is 0 Å². The van der Waals surface area contributed by atoms with Crippen molar-refractivity contribution in [3.8, 4) is 34.6 Å². The third kappa shape index (κ3) is 4.02. The minimum Gasteiger partial charge on any atom is -0.455 e. The highest BCUT2D eigenvalue weighted by Gasteiger charge is 2.23. The predicted molar refractivity (Wildman–Crippen MR) is 225 cm³/mol. The van der Waals surface area contributed by atoms with Gasteiger partial charge in [0.1, 0.15) is 28.4 Å². The number of para-hydroxylation sites is 4. The molecule has 0 aliphatic carbocycles. The SMILES string of the molecule is N#Cc1ccc2oc3c(ccc4c3c3ccccc3n4-c3c(C#N)cccc3-c3ccc(-n4c5ccccc5c5c6oc7ccccc7c6ccc54)cc3)c2c1. The van der Waals surface area contributed by atoms with Crippen LogP contribution in [0.15, 0.2) is 167 Å². The summed E-state index contributed by atoms with van der Waals surface area (Å²) >= 11 is 0. The molecule has 0 saturated heterocycles. The minimum absolute atomic E-state index is 0.565. The van der Waals surface area contributed by atoms with Gasteiger partial charge in [-0.05, 0) is 84.4 Å². The molecular weight excluding hydrogens is 689 g/mol.